The van der Waals surface area contributed by atoms with E-state index < -0.39 is 0 Å². The van der Waals surface area contributed by atoms with E-state index in [-0.39, 0.29) is 34.4 Å². The van der Waals surface area contributed by atoms with Gasteiger partial charge in [-0.15, -0.1) is 0 Å². The molecule has 0 aliphatic carbocycles. The van der Waals surface area contributed by atoms with Crippen LogP contribution in [0.1, 0.15) is 0 Å². The van der Waals surface area contributed by atoms with Gasteiger partial charge in [-0.05, 0) is 21.5 Å². The van der Waals surface area contributed by atoms with Crippen molar-refractivity contribution in [3.8, 4) is 45.6 Å². The summed E-state index contributed by atoms with van der Waals surface area (Å²) in [6, 6.07) is 31.8. The summed E-state index contributed by atoms with van der Waals surface area (Å²) in [4.78, 5) is 39.3. The van der Waals surface area contributed by atoms with Gasteiger partial charge in [0.25, 0.3) is 0 Å². The summed E-state index contributed by atoms with van der Waals surface area (Å²) in [6.45, 7) is 0. The van der Waals surface area contributed by atoms with Gasteiger partial charge < -0.3 is 29.9 Å². The van der Waals surface area contributed by atoms with Crippen LogP contribution in [0.5, 0.6) is 0 Å². The number of hydrogen-bond donors (Lipinski definition) is 0. The van der Waals surface area contributed by atoms with Crippen LogP contribution in [0.15, 0.2) is 97.1 Å². The average molecular weight is 606 g/mol. The third kappa shape index (κ3) is 3.89. The summed E-state index contributed by atoms with van der Waals surface area (Å²) in [5.74, 6) is 2.21. The Morgan fingerprint density at radius 3 is 0.833 bits per heavy atom. The summed E-state index contributed by atoms with van der Waals surface area (Å²) in [5, 5.41) is 3.57. The largest absolute Gasteiger partial charge is 2.00 e. The fourth-order valence-corrected chi connectivity index (χ4v) is 5.46. The topological polar surface area (TPSA) is 106 Å². The molecule has 0 saturated heterocycles. The molecule has 5 heterocycles. The third-order valence-corrected chi connectivity index (χ3v) is 7.33. The second-order valence-corrected chi connectivity index (χ2v) is 9.67. The van der Waals surface area contributed by atoms with Crippen molar-refractivity contribution in [1.29, 1.82) is 0 Å². The van der Waals surface area contributed by atoms with Crippen LogP contribution in [0.2, 0.25) is 0 Å². The molecule has 42 heavy (non-hydrogen) atoms. The molecule has 4 aromatic carbocycles. The van der Waals surface area contributed by atoms with Crippen molar-refractivity contribution in [2.24, 2.45) is 0 Å². The number of hydrogen-bond acceptors (Lipinski definition) is 6. The quantitative estimate of drug-likeness (QED) is 0.224. The zero-order valence-corrected chi connectivity index (χ0v) is 22.1. The molecule has 1 radical (unpaired) electrons. The fourth-order valence-electron chi connectivity index (χ4n) is 5.46. The van der Waals surface area contributed by atoms with Gasteiger partial charge in [-0.25, -0.2) is 9.97 Å². The Morgan fingerprint density at radius 1 is 0.333 bits per heavy atom. The second kappa shape index (κ2) is 9.98. The first-order valence-electron chi connectivity index (χ1n) is 12.9. The van der Waals surface area contributed by atoms with Crippen molar-refractivity contribution in [2.45, 2.75) is 0 Å². The molecule has 3 aromatic heterocycles. The predicted octanol–water partition coefficient (Wildman–Crippen LogP) is 4.94. The van der Waals surface area contributed by atoms with E-state index in [0.717, 1.165) is 43.8 Å². The van der Waals surface area contributed by atoms with E-state index in [1.54, 1.807) is 0 Å². The first-order valence-corrected chi connectivity index (χ1v) is 12.9. The number of rotatable bonds is 0. The van der Waals surface area contributed by atoms with Gasteiger partial charge in [0.05, 0.1) is 23.3 Å². The molecule has 0 atom stereocenters. The van der Waals surface area contributed by atoms with Gasteiger partial charge in [0.2, 0.25) is 0 Å². The zero-order valence-electron chi connectivity index (χ0n) is 21.1. The SMILES string of the molecule is [AlH3].[Cu+2].c1ccc2c(c1)-c1nc-2nc2[n-]c(nc3nc(nc4[n-]c(n1)c1ccccc41)-c1ccccc1-3)c1ccccc21. The van der Waals surface area contributed by atoms with Crippen LogP contribution in [0, 0.1) is 0 Å². The molecule has 2 aliphatic heterocycles. The van der Waals surface area contributed by atoms with Crippen molar-refractivity contribution in [3.05, 3.63) is 97.1 Å². The summed E-state index contributed by atoms with van der Waals surface area (Å²) in [6.07, 6.45) is 0. The minimum atomic E-state index is 0. The summed E-state index contributed by atoms with van der Waals surface area (Å²) in [5.41, 5.74) is 5.78. The van der Waals surface area contributed by atoms with E-state index in [1.807, 2.05) is 97.1 Å². The monoisotopic (exact) mass is 605 g/mol. The van der Waals surface area contributed by atoms with Crippen LogP contribution in [0.25, 0.3) is 89.7 Å². The molecular formula is C32H19AlCuN8. The molecule has 0 N–H and O–H groups in total. The van der Waals surface area contributed by atoms with Crippen LogP contribution in [0.3, 0.4) is 0 Å². The standard InChI is InChI=1S/C32H16N8.Al.Cu.3H/c1-2-10-18-17(9-1)25-33-26(18)38-28-21-13-5-6-14-22(21)30(35-28)40-32-24-16-8-7-15-23(24)31(36-32)39-29-20-12-4-3-11-19(20)27(34-29)37-25;;;;;/h1-16H;;;;;/q-2;;+2;;;. The van der Waals surface area contributed by atoms with Gasteiger partial charge in [0, 0.05) is 44.8 Å². The van der Waals surface area contributed by atoms with Gasteiger partial charge in [0.1, 0.15) is 0 Å². The molecule has 0 fully saturated rings. The molecule has 10 heteroatoms. The van der Waals surface area contributed by atoms with Crippen LogP contribution in [-0.2, 0) is 17.1 Å². The molecule has 0 unspecified atom stereocenters. The first-order chi connectivity index (χ1) is 19.8. The second-order valence-electron chi connectivity index (χ2n) is 9.67. The molecule has 2 aliphatic rings. The van der Waals surface area contributed by atoms with Crippen LogP contribution >= 0.6 is 0 Å². The molecule has 201 valence electrons. The summed E-state index contributed by atoms with van der Waals surface area (Å²) < 4.78 is 0. The maximum atomic E-state index is 4.95. The number of benzene rings is 4. The fraction of sp³-hybridized carbons (Fsp3) is 0. The first kappa shape index (κ1) is 26.2. The van der Waals surface area contributed by atoms with E-state index in [9.17, 15) is 0 Å². The summed E-state index contributed by atoms with van der Waals surface area (Å²) >= 11 is 0. The van der Waals surface area contributed by atoms with E-state index in [2.05, 4.69) is 0 Å². The van der Waals surface area contributed by atoms with Crippen LogP contribution < -0.4 is 9.97 Å². The maximum Gasteiger partial charge on any atom is 2.00 e. The van der Waals surface area contributed by atoms with E-state index in [0.29, 0.717) is 45.9 Å². The normalized spacial score (nSPS) is 11.4. The number of fused-ring (bicyclic) bond motifs is 20. The summed E-state index contributed by atoms with van der Waals surface area (Å²) in [7, 11) is 0. The van der Waals surface area contributed by atoms with Crippen LogP contribution in [-0.4, -0.2) is 47.3 Å². The Hall–Kier alpha value is -4.71. The molecule has 9 rings (SSSR count). The van der Waals surface area contributed by atoms with Gasteiger partial charge in [-0.1, -0.05) is 97.1 Å². The Labute approximate surface area is 260 Å². The Bertz CT molecular complexity index is 2040. The zero-order chi connectivity index (χ0) is 26.2. The number of aromatic nitrogens is 8. The van der Waals surface area contributed by atoms with Gasteiger partial charge >= 0.3 is 17.1 Å². The van der Waals surface area contributed by atoms with E-state index in [4.69, 9.17) is 39.9 Å². The molecule has 0 spiro atoms. The Kier molecular flexibility index (Phi) is 6.23. The molecule has 7 aromatic rings. The van der Waals surface area contributed by atoms with Gasteiger partial charge in [-0.3, -0.25) is 0 Å². The number of nitrogens with zero attached hydrogens (tertiary/aromatic N) is 8. The minimum absolute atomic E-state index is 0. The smallest absolute Gasteiger partial charge is 0.357 e. The van der Waals surface area contributed by atoms with Crippen molar-refractivity contribution < 1.29 is 17.1 Å². The molecule has 0 amide bonds. The van der Waals surface area contributed by atoms with Crippen LogP contribution in [0.4, 0.5) is 0 Å². The van der Waals surface area contributed by atoms with Crippen molar-refractivity contribution in [3.63, 3.8) is 0 Å². The van der Waals surface area contributed by atoms with E-state index in [1.165, 1.54) is 0 Å². The molecular weight excluding hydrogens is 587 g/mol. The Morgan fingerprint density at radius 2 is 0.571 bits per heavy atom. The van der Waals surface area contributed by atoms with Gasteiger partial charge in [0.15, 0.2) is 17.4 Å². The van der Waals surface area contributed by atoms with Crippen molar-refractivity contribution >= 4 is 61.5 Å². The van der Waals surface area contributed by atoms with E-state index >= 15 is 0 Å². The van der Waals surface area contributed by atoms with Crippen molar-refractivity contribution in [1.82, 2.24) is 39.9 Å². The molecule has 0 saturated carbocycles. The minimum Gasteiger partial charge on any atom is -0.357 e. The molecule has 8 nitrogen and oxygen atoms in total. The third-order valence-electron chi connectivity index (χ3n) is 7.33. The average Bonchev–Trinajstić information content (AvgIpc) is 3.73. The Balaban J connectivity index is 0.00000144. The predicted molar refractivity (Wildman–Crippen MR) is 164 cm³/mol. The van der Waals surface area contributed by atoms with Crippen molar-refractivity contribution in [2.75, 3.05) is 0 Å². The van der Waals surface area contributed by atoms with Gasteiger partial charge in [-0.2, -0.15) is 0 Å². The molecule has 8 bridgehead atoms. The maximum absolute atomic E-state index is 4.95.